The SMILES string of the molecule is CCCCC(C)c1cc(OC(=O)CCCN2CCCCC2)c2c(c1)OC(C)(C)c1ccncc1-2. The van der Waals surface area contributed by atoms with Crippen LogP contribution in [-0.2, 0) is 10.4 Å². The molecule has 0 saturated carbocycles. The minimum Gasteiger partial charge on any atom is -0.482 e. The quantitative estimate of drug-likeness (QED) is 0.300. The van der Waals surface area contributed by atoms with Gasteiger partial charge in [-0.1, -0.05) is 33.1 Å². The number of piperidine rings is 1. The maximum Gasteiger partial charge on any atom is 0.311 e. The van der Waals surface area contributed by atoms with E-state index in [9.17, 15) is 4.79 Å². The molecule has 5 heteroatoms. The van der Waals surface area contributed by atoms with Gasteiger partial charge in [-0.2, -0.15) is 0 Å². The molecule has 1 aromatic carbocycles. The lowest BCUT2D eigenvalue weighted by Gasteiger charge is -2.35. The highest BCUT2D eigenvalue weighted by atomic mass is 16.5. The van der Waals surface area contributed by atoms with Crippen LogP contribution in [0, 0.1) is 0 Å². The van der Waals surface area contributed by atoms with Crippen LogP contribution in [0.2, 0.25) is 0 Å². The average Bonchev–Trinajstić information content (AvgIpc) is 2.82. The number of nitrogens with zero attached hydrogens (tertiary/aromatic N) is 2. The van der Waals surface area contributed by atoms with Crippen molar-refractivity contribution >= 4 is 5.97 Å². The Kier molecular flexibility index (Phi) is 7.92. The van der Waals surface area contributed by atoms with Crippen molar-refractivity contribution < 1.29 is 14.3 Å². The van der Waals surface area contributed by atoms with Crippen molar-refractivity contribution in [3.05, 3.63) is 41.7 Å². The van der Waals surface area contributed by atoms with Crippen LogP contribution in [0.4, 0.5) is 0 Å². The molecule has 0 radical (unpaired) electrons. The predicted molar refractivity (Wildman–Crippen MR) is 136 cm³/mol. The Morgan fingerprint density at radius 1 is 1.21 bits per heavy atom. The molecule has 4 rings (SSSR count). The third kappa shape index (κ3) is 5.63. The molecule has 1 aromatic heterocycles. The summed E-state index contributed by atoms with van der Waals surface area (Å²) < 4.78 is 12.6. The second-order valence-corrected chi connectivity index (χ2v) is 10.4. The van der Waals surface area contributed by atoms with Crippen LogP contribution in [0.3, 0.4) is 0 Å². The van der Waals surface area contributed by atoms with Gasteiger partial charge in [0.05, 0.1) is 5.56 Å². The van der Waals surface area contributed by atoms with Gasteiger partial charge in [-0.15, -0.1) is 0 Å². The molecule has 1 unspecified atom stereocenters. The van der Waals surface area contributed by atoms with Crippen LogP contribution in [0.5, 0.6) is 11.5 Å². The third-order valence-electron chi connectivity index (χ3n) is 7.28. The predicted octanol–water partition coefficient (Wildman–Crippen LogP) is 6.84. The molecule has 0 bridgehead atoms. The summed E-state index contributed by atoms with van der Waals surface area (Å²) in [5.41, 5.74) is 3.57. The van der Waals surface area contributed by atoms with Gasteiger partial charge in [-0.3, -0.25) is 9.78 Å². The average molecular weight is 465 g/mol. The maximum atomic E-state index is 12.9. The number of carbonyl (C=O) groups excluding carboxylic acids is 1. The summed E-state index contributed by atoms with van der Waals surface area (Å²) in [6.45, 7) is 11.9. The van der Waals surface area contributed by atoms with Gasteiger partial charge >= 0.3 is 5.97 Å². The van der Waals surface area contributed by atoms with Gasteiger partial charge in [0.25, 0.3) is 0 Å². The number of hydrogen-bond donors (Lipinski definition) is 0. The summed E-state index contributed by atoms with van der Waals surface area (Å²) in [4.78, 5) is 19.8. The fraction of sp³-hybridized carbons (Fsp3) is 0.586. The topological polar surface area (TPSA) is 51.7 Å². The number of esters is 1. The minimum atomic E-state index is -0.480. The van der Waals surface area contributed by atoms with Crippen LogP contribution in [0.1, 0.15) is 96.1 Å². The molecule has 34 heavy (non-hydrogen) atoms. The van der Waals surface area contributed by atoms with Crippen LogP contribution >= 0.6 is 0 Å². The minimum absolute atomic E-state index is 0.173. The number of pyridine rings is 1. The number of carbonyl (C=O) groups is 1. The van der Waals surface area contributed by atoms with Crippen molar-refractivity contribution in [3.8, 4) is 22.6 Å². The fourth-order valence-electron chi connectivity index (χ4n) is 5.25. The second-order valence-electron chi connectivity index (χ2n) is 10.4. The third-order valence-corrected chi connectivity index (χ3v) is 7.28. The maximum absolute atomic E-state index is 12.9. The van der Waals surface area contributed by atoms with Gasteiger partial charge in [0.2, 0.25) is 0 Å². The number of hydrogen-bond acceptors (Lipinski definition) is 5. The zero-order chi connectivity index (χ0) is 24.1. The number of ether oxygens (including phenoxy) is 2. The van der Waals surface area contributed by atoms with Crippen LogP contribution < -0.4 is 9.47 Å². The summed E-state index contributed by atoms with van der Waals surface area (Å²) in [6.07, 6.45) is 12.2. The highest BCUT2D eigenvalue weighted by Gasteiger charge is 2.35. The molecule has 2 aliphatic heterocycles. The first-order valence-electron chi connectivity index (χ1n) is 13.1. The molecule has 1 fully saturated rings. The van der Waals surface area contributed by atoms with E-state index < -0.39 is 5.60 Å². The van der Waals surface area contributed by atoms with Gasteiger partial charge in [-0.25, -0.2) is 0 Å². The summed E-state index contributed by atoms with van der Waals surface area (Å²) in [7, 11) is 0. The largest absolute Gasteiger partial charge is 0.482 e. The van der Waals surface area contributed by atoms with Gasteiger partial charge < -0.3 is 14.4 Å². The summed E-state index contributed by atoms with van der Waals surface area (Å²) in [6, 6.07) is 6.20. The fourth-order valence-corrected chi connectivity index (χ4v) is 5.25. The lowest BCUT2D eigenvalue weighted by molar-refractivity contribution is -0.134. The van der Waals surface area contributed by atoms with Crippen molar-refractivity contribution in [2.45, 2.75) is 90.6 Å². The Labute approximate surface area is 204 Å². The summed E-state index contributed by atoms with van der Waals surface area (Å²) >= 11 is 0. The van der Waals surface area contributed by atoms with Crippen molar-refractivity contribution in [1.29, 1.82) is 0 Å². The molecular formula is C29H40N2O3. The Morgan fingerprint density at radius 3 is 2.76 bits per heavy atom. The van der Waals surface area contributed by atoms with E-state index in [4.69, 9.17) is 9.47 Å². The van der Waals surface area contributed by atoms with E-state index in [-0.39, 0.29) is 5.97 Å². The zero-order valence-electron chi connectivity index (χ0n) is 21.4. The van der Waals surface area contributed by atoms with Crippen LogP contribution in [-0.4, -0.2) is 35.5 Å². The summed E-state index contributed by atoms with van der Waals surface area (Å²) in [5.74, 6) is 1.57. The molecule has 0 aliphatic carbocycles. The number of likely N-dealkylation sites (tertiary alicyclic amines) is 1. The van der Waals surface area contributed by atoms with E-state index in [0.717, 1.165) is 66.9 Å². The highest BCUT2D eigenvalue weighted by Crippen LogP contribution is 2.50. The van der Waals surface area contributed by atoms with Crippen LogP contribution in [0.15, 0.2) is 30.6 Å². The molecule has 2 aromatic rings. The summed E-state index contributed by atoms with van der Waals surface area (Å²) in [5, 5.41) is 0. The standard InChI is InChI=1S/C29H40N2O3/c1-5-6-11-21(2)22-18-25(33-27(32)12-10-17-31-15-8-7-9-16-31)28-23-20-30-14-13-24(23)29(3,4)34-26(28)19-22/h13-14,18-21H,5-12,15-17H2,1-4H3. The molecule has 2 aliphatic rings. The molecular weight excluding hydrogens is 424 g/mol. The van der Waals surface area contributed by atoms with E-state index in [1.807, 2.05) is 12.3 Å². The van der Waals surface area contributed by atoms with Gasteiger partial charge in [-0.05, 0) is 88.8 Å². The molecule has 1 atom stereocenters. The monoisotopic (exact) mass is 464 g/mol. The van der Waals surface area contributed by atoms with Crippen molar-refractivity contribution in [2.24, 2.45) is 0 Å². The number of unbranched alkanes of at least 4 members (excludes halogenated alkanes) is 1. The van der Waals surface area contributed by atoms with Gasteiger partial charge in [0, 0.05) is 29.9 Å². The molecule has 1 saturated heterocycles. The Balaban J connectivity index is 1.59. The lowest BCUT2D eigenvalue weighted by atomic mass is 9.85. The second kappa shape index (κ2) is 10.9. The molecule has 0 N–H and O–H groups in total. The smallest absolute Gasteiger partial charge is 0.311 e. The Hall–Kier alpha value is -2.40. The van der Waals surface area contributed by atoms with E-state index in [2.05, 4.69) is 49.7 Å². The molecule has 0 amide bonds. The Morgan fingerprint density at radius 2 is 2.00 bits per heavy atom. The number of aromatic nitrogens is 1. The lowest BCUT2D eigenvalue weighted by Crippen LogP contribution is -2.31. The number of benzene rings is 1. The van der Waals surface area contributed by atoms with Gasteiger partial charge in [0.1, 0.15) is 17.1 Å². The molecule has 0 spiro atoms. The van der Waals surface area contributed by atoms with Crippen molar-refractivity contribution in [1.82, 2.24) is 9.88 Å². The first-order valence-corrected chi connectivity index (χ1v) is 13.1. The molecule has 184 valence electrons. The van der Waals surface area contributed by atoms with E-state index >= 15 is 0 Å². The molecule has 3 heterocycles. The zero-order valence-corrected chi connectivity index (χ0v) is 21.4. The van der Waals surface area contributed by atoms with Crippen molar-refractivity contribution in [3.63, 3.8) is 0 Å². The van der Waals surface area contributed by atoms with E-state index in [1.165, 1.54) is 25.7 Å². The highest BCUT2D eigenvalue weighted by molar-refractivity contribution is 5.84. The normalized spacial score (nSPS) is 17.9. The Bertz CT molecular complexity index is 995. The molecule has 5 nitrogen and oxygen atoms in total. The van der Waals surface area contributed by atoms with Crippen LogP contribution in [0.25, 0.3) is 11.1 Å². The van der Waals surface area contributed by atoms with Gasteiger partial charge in [0.15, 0.2) is 0 Å². The number of fused-ring (bicyclic) bond motifs is 3. The number of rotatable bonds is 9. The first-order chi connectivity index (χ1) is 16.4. The van der Waals surface area contributed by atoms with E-state index in [1.54, 1.807) is 6.20 Å². The van der Waals surface area contributed by atoms with E-state index in [0.29, 0.717) is 18.1 Å². The van der Waals surface area contributed by atoms with Crippen molar-refractivity contribution in [2.75, 3.05) is 19.6 Å². The first kappa shape index (κ1) is 24.7.